The number of benzene rings is 1. The molecule has 3 rings (SSSR count). The molecule has 4 N–H and O–H groups in total. The molecule has 2 heterocycles. The summed E-state index contributed by atoms with van der Waals surface area (Å²) in [6, 6.07) is 5.48. The normalized spacial score (nSPS) is 23.4. The first kappa shape index (κ1) is 32.9. The van der Waals surface area contributed by atoms with Gasteiger partial charge in [-0.05, 0) is 28.1 Å². The molecule has 4 nitrogen and oxygen atoms in total. The largest absolute Gasteiger partial charge is 0.314 e. The van der Waals surface area contributed by atoms with Crippen LogP contribution in [0.25, 0.3) is 0 Å². The van der Waals surface area contributed by atoms with Gasteiger partial charge in [-0.15, -0.1) is 9.24 Å². The predicted octanol–water partition coefficient (Wildman–Crippen LogP) is 4.96. The first-order chi connectivity index (χ1) is 17.3. The number of nitrogens with one attached hydrogen (secondary N) is 4. The van der Waals surface area contributed by atoms with Gasteiger partial charge in [-0.1, -0.05) is 111 Å². The molecule has 1 aromatic carbocycles. The highest BCUT2D eigenvalue weighted by Crippen LogP contribution is 2.60. The molecule has 0 saturated carbocycles. The van der Waals surface area contributed by atoms with Gasteiger partial charge in [-0.2, -0.15) is 0 Å². The molecule has 0 radical (unpaired) electrons. The van der Waals surface area contributed by atoms with E-state index >= 15 is 0 Å². The molecule has 38 heavy (non-hydrogen) atoms. The van der Waals surface area contributed by atoms with E-state index in [0.29, 0.717) is 11.6 Å². The van der Waals surface area contributed by atoms with Crippen molar-refractivity contribution in [3.05, 3.63) is 23.3 Å². The van der Waals surface area contributed by atoms with Crippen LogP contribution in [-0.2, 0) is 11.3 Å². The minimum absolute atomic E-state index is 0.0425. The Morgan fingerprint density at radius 1 is 0.737 bits per heavy atom. The molecule has 8 heteroatoms. The highest BCUT2D eigenvalue weighted by atomic mass is 31.1. The second-order valence-electron chi connectivity index (χ2n) is 15.9. The van der Waals surface area contributed by atoms with Crippen LogP contribution in [0.4, 0.5) is 0 Å². The molecule has 0 aliphatic carbocycles. The molecule has 2 saturated heterocycles. The summed E-state index contributed by atoms with van der Waals surface area (Å²) in [5.41, 5.74) is 3.41. The Hall–Kier alpha value is 0.354. The van der Waals surface area contributed by atoms with E-state index in [0.717, 1.165) is 39.3 Å². The zero-order chi connectivity index (χ0) is 28.7. The van der Waals surface area contributed by atoms with Crippen LogP contribution in [0.1, 0.15) is 52.7 Å². The molecule has 1 aromatic rings. The van der Waals surface area contributed by atoms with Crippen LogP contribution in [0.3, 0.4) is 0 Å². The summed E-state index contributed by atoms with van der Waals surface area (Å²) in [6.07, 6.45) is 1.18. The minimum atomic E-state index is -1.56. The Bertz CT molecular complexity index is 913. The molecular weight excluding hydrogens is 534 g/mol. The van der Waals surface area contributed by atoms with Crippen molar-refractivity contribution in [2.45, 2.75) is 104 Å². The molecular formula is C30H60N4P2Si2. The molecule has 2 aliphatic heterocycles. The van der Waals surface area contributed by atoms with Crippen LogP contribution in [-0.4, -0.2) is 67.0 Å². The summed E-state index contributed by atoms with van der Waals surface area (Å²) in [6.45, 7) is 36.5. The monoisotopic (exact) mass is 594 g/mol. The highest BCUT2D eigenvalue weighted by Gasteiger charge is 2.50. The fourth-order valence-corrected chi connectivity index (χ4v) is 15.1. The maximum absolute atomic E-state index is 3.94. The quantitative estimate of drug-likeness (QED) is 0.266. The van der Waals surface area contributed by atoms with Crippen molar-refractivity contribution in [3.8, 4) is 0 Å². The van der Waals surface area contributed by atoms with E-state index in [1.807, 2.05) is 0 Å². The highest BCUT2D eigenvalue weighted by molar-refractivity contribution is 7.58. The summed E-state index contributed by atoms with van der Waals surface area (Å²) in [7, 11) is 0.0179. The van der Waals surface area contributed by atoms with Gasteiger partial charge >= 0.3 is 0 Å². The molecule has 2 aliphatic rings. The van der Waals surface area contributed by atoms with Crippen LogP contribution in [0.15, 0.2) is 12.1 Å². The lowest BCUT2D eigenvalue weighted by Crippen LogP contribution is -2.58. The van der Waals surface area contributed by atoms with Gasteiger partial charge in [0.1, 0.15) is 0 Å². The fraction of sp³-hybridized carbons (Fsp3) is 0.800. The van der Waals surface area contributed by atoms with Crippen molar-refractivity contribution in [3.63, 3.8) is 0 Å². The van der Waals surface area contributed by atoms with Crippen molar-refractivity contribution >= 4 is 43.7 Å². The summed E-state index contributed by atoms with van der Waals surface area (Å²) in [5.74, 6) is 1.08. The molecule has 0 aromatic heterocycles. The molecule has 0 spiro atoms. The summed E-state index contributed by atoms with van der Waals surface area (Å²) < 4.78 is 0. The first-order valence-electron chi connectivity index (χ1n) is 14.9. The summed E-state index contributed by atoms with van der Waals surface area (Å²) in [4.78, 5) is 0. The smallest absolute Gasteiger partial charge is 0.0774 e. The Morgan fingerprint density at radius 2 is 1.16 bits per heavy atom. The van der Waals surface area contributed by atoms with Crippen LogP contribution in [0.5, 0.6) is 0 Å². The average Bonchev–Trinajstić information content (AvgIpc) is 2.80. The molecule has 218 valence electrons. The third kappa shape index (κ3) is 7.04. The van der Waals surface area contributed by atoms with Gasteiger partial charge in [0.25, 0.3) is 0 Å². The molecule has 0 amide bonds. The minimum Gasteiger partial charge on any atom is -0.314 e. The summed E-state index contributed by atoms with van der Waals surface area (Å²) in [5, 5.41) is 18.7. The van der Waals surface area contributed by atoms with Crippen molar-refractivity contribution in [1.82, 2.24) is 21.3 Å². The van der Waals surface area contributed by atoms with E-state index in [9.17, 15) is 0 Å². The lowest BCUT2D eigenvalue weighted by molar-refractivity contribution is 0.139. The summed E-state index contributed by atoms with van der Waals surface area (Å²) >= 11 is 0. The molecule has 0 bridgehead atoms. The van der Waals surface area contributed by atoms with Crippen LogP contribution in [0.2, 0.25) is 39.3 Å². The first-order valence-corrected chi connectivity index (χ1v) is 24.1. The number of rotatable bonds is 7. The van der Waals surface area contributed by atoms with Crippen LogP contribution < -0.4 is 31.6 Å². The maximum Gasteiger partial charge on any atom is 0.0774 e. The van der Waals surface area contributed by atoms with Gasteiger partial charge in [0.05, 0.1) is 16.1 Å². The molecule has 3 atom stereocenters. The lowest BCUT2D eigenvalue weighted by atomic mass is 9.62. The van der Waals surface area contributed by atoms with E-state index < -0.39 is 16.1 Å². The zero-order valence-corrected chi connectivity index (χ0v) is 30.8. The maximum atomic E-state index is 3.94. The van der Waals surface area contributed by atoms with Gasteiger partial charge < -0.3 is 21.3 Å². The van der Waals surface area contributed by atoms with Crippen molar-refractivity contribution in [2.24, 2.45) is 10.8 Å². The van der Waals surface area contributed by atoms with Crippen LogP contribution >= 0.6 is 17.2 Å². The SMILES string of the molecule is CC(C)(C)C(P)(c1cc([Si](C)(C)C)c([Si](C)(C)C)cc1CP(C1CNCCN1)C1CNCCN1)C(C)(C)C. The van der Waals surface area contributed by atoms with E-state index in [-0.39, 0.29) is 23.9 Å². The topological polar surface area (TPSA) is 48.1 Å². The van der Waals surface area contributed by atoms with E-state index in [1.165, 1.54) is 6.16 Å². The van der Waals surface area contributed by atoms with E-state index in [2.05, 4.69) is 123 Å². The van der Waals surface area contributed by atoms with Gasteiger partial charge in [0.2, 0.25) is 0 Å². The predicted molar refractivity (Wildman–Crippen MR) is 183 cm³/mol. The third-order valence-electron chi connectivity index (χ3n) is 8.84. The molecule has 2 fully saturated rings. The van der Waals surface area contributed by atoms with Gasteiger partial charge in [0, 0.05) is 56.0 Å². The Morgan fingerprint density at radius 3 is 1.50 bits per heavy atom. The van der Waals surface area contributed by atoms with Gasteiger partial charge in [-0.3, -0.25) is 0 Å². The van der Waals surface area contributed by atoms with Gasteiger partial charge in [0.15, 0.2) is 0 Å². The van der Waals surface area contributed by atoms with E-state index in [4.69, 9.17) is 0 Å². The van der Waals surface area contributed by atoms with Gasteiger partial charge in [-0.25, -0.2) is 0 Å². The van der Waals surface area contributed by atoms with E-state index in [1.54, 1.807) is 21.5 Å². The number of hydrogen-bond acceptors (Lipinski definition) is 4. The Labute approximate surface area is 241 Å². The second-order valence-corrected chi connectivity index (χ2v) is 29.4. The lowest BCUT2D eigenvalue weighted by Gasteiger charge is -2.53. The second kappa shape index (κ2) is 11.9. The van der Waals surface area contributed by atoms with Crippen LogP contribution in [0, 0.1) is 10.8 Å². The fourth-order valence-electron chi connectivity index (χ4n) is 6.70. The standard InChI is InChI=1S/C30H60N4P2Si2/c1-28(2,3)30(35,29(4,5)6)23-18-25(38(10,11)12)24(37(7,8)9)17-22(23)21-36(26-19-31-13-15-33-26)27-20-32-14-16-34-27/h17-18,26-27,31-34H,13-16,19-21,35H2,1-12H3. The third-order valence-corrected chi connectivity index (χ3v) is 18.2. The Balaban J connectivity index is 2.31. The van der Waals surface area contributed by atoms with Crippen molar-refractivity contribution in [1.29, 1.82) is 0 Å². The average molecular weight is 595 g/mol. The van der Waals surface area contributed by atoms with Crippen molar-refractivity contribution < 1.29 is 0 Å². The number of hydrogen-bond donors (Lipinski definition) is 4. The Kier molecular flexibility index (Phi) is 10.3. The molecule has 3 unspecified atom stereocenters. The number of piperazine rings is 2. The zero-order valence-electron chi connectivity index (χ0n) is 26.8. The van der Waals surface area contributed by atoms with Crippen molar-refractivity contribution in [2.75, 3.05) is 39.3 Å².